The van der Waals surface area contributed by atoms with E-state index in [1.54, 1.807) is 5.10 Å². The zero-order valence-electron chi connectivity index (χ0n) is 12.7. The fourth-order valence-electron chi connectivity index (χ4n) is 2.02. The molecule has 1 amide bonds. The molecule has 2 heterocycles. The molecule has 0 spiro atoms. The lowest BCUT2D eigenvalue weighted by molar-refractivity contribution is -0.141. The van der Waals surface area contributed by atoms with Gasteiger partial charge < -0.3 is 0 Å². The summed E-state index contributed by atoms with van der Waals surface area (Å²) in [5.41, 5.74) is -1.46. The zero-order chi connectivity index (χ0) is 18.9. The van der Waals surface area contributed by atoms with Crippen LogP contribution in [-0.2, 0) is 12.7 Å². The third kappa shape index (κ3) is 3.82. The Hall–Kier alpha value is -2.95. The molecule has 0 saturated carbocycles. The van der Waals surface area contributed by atoms with E-state index in [2.05, 4.69) is 20.5 Å². The van der Waals surface area contributed by atoms with Gasteiger partial charge in [-0.05, 0) is 12.1 Å². The topological polar surface area (TPSA) is 88.5 Å². The molecule has 136 valence electrons. The third-order valence-corrected chi connectivity index (χ3v) is 3.61. The molecule has 1 aromatic carbocycles. The highest BCUT2D eigenvalue weighted by atomic mass is 35.5. The van der Waals surface area contributed by atoms with E-state index in [9.17, 15) is 22.4 Å². The Labute approximate surface area is 148 Å². The van der Waals surface area contributed by atoms with Crippen molar-refractivity contribution in [3.8, 4) is 0 Å². The minimum atomic E-state index is -4.65. The van der Waals surface area contributed by atoms with Crippen LogP contribution in [0.2, 0.25) is 5.02 Å². The van der Waals surface area contributed by atoms with Crippen LogP contribution in [0.15, 0.2) is 30.6 Å². The molecule has 0 unspecified atom stereocenters. The third-order valence-electron chi connectivity index (χ3n) is 3.26. The van der Waals surface area contributed by atoms with Crippen molar-refractivity contribution in [2.24, 2.45) is 0 Å². The van der Waals surface area contributed by atoms with Gasteiger partial charge in [-0.2, -0.15) is 18.3 Å². The molecule has 2 N–H and O–H groups in total. The highest BCUT2D eigenvalue weighted by Gasteiger charge is 2.33. The Kier molecular flexibility index (Phi) is 4.64. The van der Waals surface area contributed by atoms with Gasteiger partial charge in [0.15, 0.2) is 5.69 Å². The van der Waals surface area contributed by atoms with E-state index in [0.717, 1.165) is 0 Å². The summed E-state index contributed by atoms with van der Waals surface area (Å²) in [4.78, 5) is 15.7. The second-order valence-electron chi connectivity index (χ2n) is 5.08. The van der Waals surface area contributed by atoms with Gasteiger partial charge in [0.25, 0.3) is 5.91 Å². The summed E-state index contributed by atoms with van der Waals surface area (Å²) >= 11 is 5.91. The number of H-pyrrole nitrogens is 1. The summed E-state index contributed by atoms with van der Waals surface area (Å²) in [7, 11) is 0. The Balaban J connectivity index is 1.70. The number of amides is 1. The number of rotatable bonds is 4. The molecule has 0 bridgehead atoms. The predicted octanol–water partition coefficient (Wildman–Crippen LogP) is 3.11. The molecule has 2 aromatic heterocycles. The fraction of sp³-hybridized carbons (Fsp3) is 0.143. The average Bonchev–Trinajstić information content (AvgIpc) is 3.20. The summed E-state index contributed by atoms with van der Waals surface area (Å²) in [5, 5.41) is 11.3. The number of hydrogen-bond acceptors (Lipinski definition) is 4. The number of benzene rings is 1. The van der Waals surface area contributed by atoms with E-state index < -0.39 is 29.3 Å². The summed E-state index contributed by atoms with van der Waals surface area (Å²) in [6.07, 6.45) is -3.44. The summed E-state index contributed by atoms with van der Waals surface area (Å²) in [5.74, 6) is -1.65. The Morgan fingerprint density at radius 3 is 2.77 bits per heavy atom. The molecule has 0 aliphatic heterocycles. The van der Waals surface area contributed by atoms with Crippen LogP contribution in [0.1, 0.15) is 21.7 Å². The number of hydrogen-bond donors (Lipinski definition) is 2. The zero-order valence-corrected chi connectivity index (χ0v) is 13.4. The monoisotopic (exact) mass is 388 g/mol. The van der Waals surface area contributed by atoms with Crippen LogP contribution in [-0.4, -0.2) is 30.9 Å². The predicted molar refractivity (Wildman–Crippen MR) is 82.1 cm³/mol. The highest BCUT2D eigenvalue weighted by molar-refractivity contribution is 6.31. The lowest BCUT2D eigenvalue weighted by Crippen LogP contribution is -2.14. The van der Waals surface area contributed by atoms with Crippen LogP contribution in [0.3, 0.4) is 0 Å². The summed E-state index contributed by atoms with van der Waals surface area (Å²) in [6.45, 7) is -0.0466. The van der Waals surface area contributed by atoms with Gasteiger partial charge in [0.1, 0.15) is 17.8 Å². The van der Waals surface area contributed by atoms with Crippen molar-refractivity contribution in [3.63, 3.8) is 0 Å². The first-order chi connectivity index (χ1) is 12.2. The molecule has 0 aliphatic carbocycles. The van der Waals surface area contributed by atoms with E-state index in [1.165, 1.54) is 29.2 Å². The maximum atomic E-state index is 13.8. The number of halogens is 5. The van der Waals surface area contributed by atoms with Crippen LogP contribution < -0.4 is 5.32 Å². The van der Waals surface area contributed by atoms with E-state index in [-0.39, 0.29) is 23.1 Å². The molecule has 3 aromatic rings. The molecule has 0 saturated heterocycles. The van der Waals surface area contributed by atoms with Crippen molar-refractivity contribution in [1.29, 1.82) is 0 Å². The molecule has 7 nitrogen and oxygen atoms in total. The van der Waals surface area contributed by atoms with E-state index in [0.29, 0.717) is 6.07 Å². The summed E-state index contributed by atoms with van der Waals surface area (Å²) < 4.78 is 52.5. The Morgan fingerprint density at radius 2 is 2.12 bits per heavy atom. The quantitative estimate of drug-likeness (QED) is 0.672. The largest absolute Gasteiger partial charge is 0.432 e. The summed E-state index contributed by atoms with van der Waals surface area (Å²) in [6, 6.07) is 4.75. The van der Waals surface area contributed by atoms with Gasteiger partial charge in [0.05, 0.1) is 6.54 Å². The molecule has 12 heteroatoms. The number of carbonyl (C=O) groups is 1. The molecule has 0 aliphatic rings. The number of aromatic nitrogens is 5. The van der Waals surface area contributed by atoms with Gasteiger partial charge >= 0.3 is 6.18 Å². The van der Waals surface area contributed by atoms with Gasteiger partial charge in [0, 0.05) is 16.7 Å². The van der Waals surface area contributed by atoms with Gasteiger partial charge in [-0.25, -0.2) is 14.1 Å². The first-order valence-corrected chi connectivity index (χ1v) is 7.38. The van der Waals surface area contributed by atoms with Gasteiger partial charge in [0.2, 0.25) is 5.95 Å². The average molecular weight is 389 g/mol. The van der Waals surface area contributed by atoms with Crippen molar-refractivity contribution in [2.45, 2.75) is 12.7 Å². The maximum absolute atomic E-state index is 13.8. The molecule has 0 fully saturated rings. The van der Waals surface area contributed by atoms with E-state index in [1.807, 2.05) is 0 Å². The maximum Gasteiger partial charge on any atom is 0.432 e. The SMILES string of the molecule is O=C(Nc1ncn(Cc2c(F)cccc2Cl)n1)c1cc(C(F)(F)F)[nH]n1. The van der Waals surface area contributed by atoms with Crippen LogP contribution in [0.4, 0.5) is 23.5 Å². The highest BCUT2D eigenvalue weighted by Crippen LogP contribution is 2.27. The van der Waals surface area contributed by atoms with Gasteiger partial charge in [-0.15, -0.1) is 5.10 Å². The molecular formula is C14H9ClF4N6O. The standard InChI is InChI=1S/C14H9ClF4N6O/c15-8-2-1-3-9(16)7(8)5-25-6-20-13(24-25)21-12(26)10-4-11(23-22-10)14(17,18)19/h1-4,6H,5H2,(H,22,23)(H,21,24,26). The lowest BCUT2D eigenvalue weighted by atomic mass is 10.2. The molecule has 26 heavy (non-hydrogen) atoms. The number of carbonyl (C=O) groups excluding carboxylic acids is 1. The van der Waals surface area contributed by atoms with Gasteiger partial charge in [-0.3, -0.25) is 15.2 Å². The minimum Gasteiger partial charge on any atom is -0.288 e. The first-order valence-electron chi connectivity index (χ1n) is 7.00. The van der Waals surface area contributed by atoms with Crippen molar-refractivity contribution in [3.05, 3.63) is 58.4 Å². The minimum absolute atomic E-state index is 0.0466. The van der Waals surface area contributed by atoms with E-state index in [4.69, 9.17) is 11.6 Å². The number of alkyl halides is 3. The van der Waals surface area contributed by atoms with Crippen molar-refractivity contribution in [1.82, 2.24) is 25.0 Å². The number of anilines is 1. The number of nitrogens with one attached hydrogen (secondary N) is 2. The van der Waals surface area contributed by atoms with E-state index >= 15 is 0 Å². The van der Waals surface area contributed by atoms with Crippen LogP contribution in [0, 0.1) is 5.82 Å². The lowest BCUT2D eigenvalue weighted by Gasteiger charge is -2.05. The normalized spacial score (nSPS) is 11.6. The number of nitrogens with zero attached hydrogens (tertiary/aromatic N) is 4. The second kappa shape index (κ2) is 6.75. The van der Waals surface area contributed by atoms with Gasteiger partial charge in [-0.1, -0.05) is 17.7 Å². The molecule has 0 radical (unpaired) electrons. The smallest absolute Gasteiger partial charge is 0.288 e. The Morgan fingerprint density at radius 1 is 1.35 bits per heavy atom. The van der Waals surface area contributed by atoms with Crippen LogP contribution in [0.25, 0.3) is 0 Å². The van der Waals surface area contributed by atoms with Crippen molar-refractivity contribution >= 4 is 23.5 Å². The first kappa shape index (κ1) is 17.9. The number of aromatic amines is 1. The van der Waals surface area contributed by atoms with Crippen LogP contribution in [0.5, 0.6) is 0 Å². The molecule has 0 atom stereocenters. The van der Waals surface area contributed by atoms with Crippen molar-refractivity contribution < 1.29 is 22.4 Å². The fourth-order valence-corrected chi connectivity index (χ4v) is 2.25. The Bertz CT molecular complexity index is 931. The second-order valence-corrected chi connectivity index (χ2v) is 5.49. The molecule has 3 rings (SSSR count). The molecular weight excluding hydrogens is 380 g/mol. The van der Waals surface area contributed by atoms with Crippen LogP contribution >= 0.6 is 11.6 Å². The van der Waals surface area contributed by atoms with Crippen molar-refractivity contribution in [2.75, 3.05) is 5.32 Å².